The van der Waals surface area contributed by atoms with Gasteiger partial charge in [-0.3, -0.25) is 9.67 Å². The molecule has 1 aromatic rings. The van der Waals surface area contributed by atoms with Crippen LogP contribution in [0, 0.1) is 0 Å². The van der Waals surface area contributed by atoms with Crippen LogP contribution in [0.1, 0.15) is 31.2 Å². The number of aliphatic imine (C=N–C) groups is 1. The second-order valence-electron chi connectivity index (χ2n) is 3.85. The van der Waals surface area contributed by atoms with E-state index in [4.69, 9.17) is 5.84 Å². The van der Waals surface area contributed by atoms with Crippen LogP contribution >= 0.6 is 0 Å². The number of nitrogens with zero attached hydrogens (tertiary/aromatic N) is 3. The lowest BCUT2D eigenvalue weighted by molar-refractivity contribution is 0.733. The minimum Gasteiger partial charge on any atom is -0.307 e. The van der Waals surface area contributed by atoms with Gasteiger partial charge in [0, 0.05) is 7.05 Å². The van der Waals surface area contributed by atoms with Gasteiger partial charge >= 0.3 is 0 Å². The van der Waals surface area contributed by atoms with Crippen molar-refractivity contribution in [1.29, 1.82) is 0 Å². The third-order valence-corrected chi connectivity index (χ3v) is 2.53. The molecule has 0 unspecified atom stereocenters. The highest BCUT2D eigenvalue weighted by molar-refractivity contribution is 5.97. The molecule has 15 heavy (non-hydrogen) atoms. The smallest absolute Gasteiger partial charge is 0.161 e. The van der Waals surface area contributed by atoms with E-state index in [2.05, 4.69) is 22.4 Å². The van der Waals surface area contributed by atoms with E-state index < -0.39 is 0 Å². The first-order valence-electron chi connectivity index (χ1n) is 5.32. The number of hydrogen-bond acceptors (Lipinski definition) is 3. The van der Waals surface area contributed by atoms with E-state index in [-0.39, 0.29) is 0 Å². The molecule has 0 bridgehead atoms. The lowest BCUT2D eigenvalue weighted by Crippen LogP contribution is -2.33. The number of amidine groups is 1. The molecule has 1 aliphatic rings. The van der Waals surface area contributed by atoms with Crippen molar-refractivity contribution in [3.63, 3.8) is 0 Å². The molecular weight excluding hydrogens is 190 g/mol. The molecule has 1 aliphatic carbocycles. The van der Waals surface area contributed by atoms with Gasteiger partial charge in [-0.15, -0.1) is 0 Å². The summed E-state index contributed by atoms with van der Waals surface area (Å²) in [6.45, 7) is 2.08. The molecule has 1 saturated carbocycles. The van der Waals surface area contributed by atoms with Crippen molar-refractivity contribution in [2.45, 2.75) is 32.2 Å². The topological polar surface area (TPSA) is 68.2 Å². The third kappa shape index (κ3) is 2.18. The molecule has 2 rings (SSSR count). The van der Waals surface area contributed by atoms with Gasteiger partial charge in [0.15, 0.2) is 5.84 Å². The van der Waals surface area contributed by atoms with Gasteiger partial charge < -0.3 is 5.43 Å². The Morgan fingerprint density at radius 2 is 2.47 bits per heavy atom. The van der Waals surface area contributed by atoms with Crippen LogP contribution in [-0.2, 0) is 13.5 Å². The highest BCUT2D eigenvalue weighted by Crippen LogP contribution is 2.24. The summed E-state index contributed by atoms with van der Waals surface area (Å²) in [5, 5.41) is 4.37. The van der Waals surface area contributed by atoms with Crippen molar-refractivity contribution in [2.75, 3.05) is 0 Å². The summed E-state index contributed by atoms with van der Waals surface area (Å²) in [6.07, 6.45) is 3.27. The van der Waals surface area contributed by atoms with Gasteiger partial charge in [0.2, 0.25) is 0 Å². The molecule has 82 valence electrons. The Morgan fingerprint density at radius 3 is 2.93 bits per heavy atom. The maximum Gasteiger partial charge on any atom is 0.161 e. The molecule has 0 amide bonds. The van der Waals surface area contributed by atoms with Crippen LogP contribution in [0.5, 0.6) is 0 Å². The van der Waals surface area contributed by atoms with Gasteiger partial charge in [0.05, 0.1) is 11.7 Å². The Balaban J connectivity index is 2.28. The van der Waals surface area contributed by atoms with Crippen molar-refractivity contribution >= 4 is 5.84 Å². The molecule has 1 heterocycles. The number of nitrogens with two attached hydrogens (primary N) is 1. The minimum absolute atomic E-state index is 0.455. The van der Waals surface area contributed by atoms with Gasteiger partial charge in [-0.05, 0) is 25.3 Å². The maximum atomic E-state index is 5.48. The maximum absolute atomic E-state index is 5.48. The summed E-state index contributed by atoms with van der Waals surface area (Å²) in [7, 11) is 1.91. The zero-order valence-electron chi connectivity index (χ0n) is 9.20. The summed E-state index contributed by atoms with van der Waals surface area (Å²) >= 11 is 0. The van der Waals surface area contributed by atoms with Crippen LogP contribution in [0.15, 0.2) is 11.1 Å². The minimum atomic E-state index is 0.455. The molecule has 0 saturated heterocycles. The first-order valence-corrected chi connectivity index (χ1v) is 5.32. The predicted octanol–water partition coefficient (Wildman–Crippen LogP) is 0.355. The fourth-order valence-electron chi connectivity index (χ4n) is 1.48. The van der Waals surface area contributed by atoms with E-state index in [0.717, 1.165) is 23.6 Å². The van der Waals surface area contributed by atoms with E-state index >= 15 is 0 Å². The van der Waals surface area contributed by atoms with E-state index in [0.29, 0.717) is 6.04 Å². The first-order chi connectivity index (χ1) is 7.24. The van der Waals surface area contributed by atoms with Crippen molar-refractivity contribution in [3.05, 3.63) is 17.5 Å². The summed E-state index contributed by atoms with van der Waals surface area (Å²) in [6, 6.07) is 2.48. The average Bonchev–Trinajstić information content (AvgIpc) is 2.98. The summed E-state index contributed by atoms with van der Waals surface area (Å²) < 4.78 is 1.82. The molecule has 3 N–H and O–H groups in total. The third-order valence-electron chi connectivity index (χ3n) is 2.53. The Bertz CT molecular complexity index is 375. The summed E-state index contributed by atoms with van der Waals surface area (Å²) in [5.41, 5.74) is 4.68. The van der Waals surface area contributed by atoms with Crippen LogP contribution in [0.2, 0.25) is 0 Å². The molecule has 1 aromatic heterocycles. The monoisotopic (exact) mass is 207 g/mol. The van der Waals surface area contributed by atoms with Crippen molar-refractivity contribution in [1.82, 2.24) is 15.2 Å². The Labute approximate surface area is 89.3 Å². The van der Waals surface area contributed by atoms with Gasteiger partial charge in [-0.1, -0.05) is 6.92 Å². The molecule has 0 aliphatic heterocycles. The molecular formula is C10H17N5. The summed E-state index contributed by atoms with van der Waals surface area (Å²) in [5.74, 6) is 6.22. The van der Waals surface area contributed by atoms with Crippen LogP contribution < -0.4 is 11.3 Å². The number of aromatic nitrogens is 2. The van der Waals surface area contributed by atoms with Crippen molar-refractivity contribution in [2.24, 2.45) is 17.9 Å². The highest BCUT2D eigenvalue weighted by Gasteiger charge is 2.22. The lowest BCUT2D eigenvalue weighted by atomic mass is 10.3. The molecule has 5 nitrogen and oxygen atoms in total. The zero-order valence-corrected chi connectivity index (χ0v) is 9.20. The molecule has 0 radical (unpaired) electrons. The molecule has 0 atom stereocenters. The molecule has 5 heteroatoms. The summed E-state index contributed by atoms with van der Waals surface area (Å²) in [4.78, 5) is 4.50. The second-order valence-corrected chi connectivity index (χ2v) is 3.85. The number of nitrogens with one attached hydrogen (secondary N) is 1. The number of aryl methyl sites for hydroxylation is 2. The number of rotatable bonds is 3. The fourth-order valence-corrected chi connectivity index (χ4v) is 1.48. The predicted molar refractivity (Wildman–Crippen MR) is 59.5 cm³/mol. The van der Waals surface area contributed by atoms with Crippen LogP contribution in [0.25, 0.3) is 0 Å². The number of hydrogen-bond donors (Lipinski definition) is 2. The Hall–Kier alpha value is -1.36. The normalized spacial score (nSPS) is 16.9. The van der Waals surface area contributed by atoms with E-state index in [1.54, 1.807) is 0 Å². The second kappa shape index (κ2) is 4.02. The largest absolute Gasteiger partial charge is 0.307 e. The van der Waals surface area contributed by atoms with E-state index in [1.807, 2.05) is 17.8 Å². The molecule has 0 aromatic carbocycles. The van der Waals surface area contributed by atoms with Gasteiger partial charge in [0.25, 0.3) is 0 Å². The van der Waals surface area contributed by atoms with E-state index in [1.165, 1.54) is 12.8 Å². The van der Waals surface area contributed by atoms with Crippen LogP contribution in [0.3, 0.4) is 0 Å². The quantitative estimate of drug-likeness (QED) is 0.325. The van der Waals surface area contributed by atoms with Gasteiger partial charge in [-0.25, -0.2) is 5.84 Å². The fraction of sp³-hybridized carbons (Fsp3) is 0.600. The Morgan fingerprint density at radius 1 is 1.73 bits per heavy atom. The molecule has 1 fully saturated rings. The van der Waals surface area contributed by atoms with Crippen LogP contribution in [0.4, 0.5) is 0 Å². The van der Waals surface area contributed by atoms with Gasteiger partial charge in [0.1, 0.15) is 5.69 Å². The highest BCUT2D eigenvalue weighted by atomic mass is 15.3. The van der Waals surface area contributed by atoms with Crippen molar-refractivity contribution in [3.8, 4) is 0 Å². The standard InChI is InChI=1S/C10H17N5/c1-3-7-6-9(15(2)14-7)10(13-11)12-8-4-5-8/h6,8H,3-5,11H2,1-2H3,(H,12,13). The average molecular weight is 207 g/mol. The SMILES string of the molecule is CCc1cc(C(=NC2CC2)NN)n(C)n1. The van der Waals surface area contributed by atoms with Crippen LogP contribution in [-0.4, -0.2) is 21.7 Å². The first kappa shape index (κ1) is 10.2. The Kier molecular flexibility index (Phi) is 2.73. The van der Waals surface area contributed by atoms with Gasteiger partial charge in [-0.2, -0.15) is 5.10 Å². The molecule has 0 spiro atoms. The zero-order chi connectivity index (χ0) is 10.8. The van der Waals surface area contributed by atoms with E-state index in [9.17, 15) is 0 Å². The van der Waals surface area contributed by atoms with Crippen molar-refractivity contribution < 1.29 is 0 Å². The lowest BCUT2D eigenvalue weighted by Gasteiger charge is -2.04. The number of hydrazine groups is 1.